The van der Waals surface area contributed by atoms with Crippen molar-refractivity contribution in [3.8, 4) is 5.75 Å². The molecule has 0 aliphatic carbocycles. The van der Waals surface area contributed by atoms with E-state index in [9.17, 15) is 9.90 Å². The van der Waals surface area contributed by atoms with E-state index in [0.29, 0.717) is 13.2 Å². The van der Waals surface area contributed by atoms with Crippen molar-refractivity contribution in [3.63, 3.8) is 0 Å². The number of carboxylic acids is 1. The summed E-state index contributed by atoms with van der Waals surface area (Å²) in [6.07, 6.45) is 2.04. The van der Waals surface area contributed by atoms with E-state index in [-0.39, 0.29) is 5.92 Å². The number of para-hydroxylation sites is 1. The molecule has 1 aromatic rings. The van der Waals surface area contributed by atoms with Gasteiger partial charge in [-0.25, -0.2) is 0 Å². The smallest absolute Gasteiger partial charge is 0.321 e. The molecule has 1 fully saturated rings. The van der Waals surface area contributed by atoms with Crippen LogP contribution in [0.2, 0.25) is 0 Å². The van der Waals surface area contributed by atoms with Crippen LogP contribution in [0.3, 0.4) is 0 Å². The summed E-state index contributed by atoms with van der Waals surface area (Å²) in [4.78, 5) is 13.6. The molecule has 0 saturated carbocycles. The molecule has 1 aromatic carbocycles. The zero-order valence-electron chi connectivity index (χ0n) is 12.2. The Morgan fingerprint density at radius 1 is 1.45 bits per heavy atom. The number of hydrogen-bond donors (Lipinski definition) is 1. The van der Waals surface area contributed by atoms with Gasteiger partial charge in [-0.2, -0.15) is 0 Å². The fourth-order valence-electron chi connectivity index (χ4n) is 3.00. The maximum absolute atomic E-state index is 11.5. The largest absolute Gasteiger partial charge is 0.494 e. The van der Waals surface area contributed by atoms with E-state index in [1.54, 1.807) is 0 Å². The number of nitrogens with zero attached hydrogens (tertiary/aromatic N) is 1. The number of carboxylic acid groups (broad SMARTS) is 1. The zero-order valence-corrected chi connectivity index (χ0v) is 12.2. The molecule has 20 heavy (non-hydrogen) atoms. The van der Waals surface area contributed by atoms with Crippen molar-refractivity contribution in [3.05, 3.63) is 29.8 Å². The topological polar surface area (TPSA) is 49.8 Å². The minimum absolute atomic E-state index is 0.195. The van der Waals surface area contributed by atoms with Crippen molar-refractivity contribution in [2.24, 2.45) is 5.92 Å². The highest BCUT2D eigenvalue weighted by Crippen LogP contribution is 2.27. The van der Waals surface area contributed by atoms with Crippen LogP contribution in [-0.2, 0) is 11.3 Å². The Hall–Kier alpha value is -1.55. The molecule has 110 valence electrons. The summed E-state index contributed by atoms with van der Waals surface area (Å²) in [5.41, 5.74) is 1.06. The molecule has 0 spiro atoms. The lowest BCUT2D eigenvalue weighted by molar-refractivity contribution is -0.147. The molecule has 2 unspecified atom stereocenters. The summed E-state index contributed by atoms with van der Waals surface area (Å²) >= 11 is 0. The number of benzene rings is 1. The standard InChI is InChI=1S/C16H23NO3/c1-3-20-14-9-5-4-8-13(14)11-17-10-6-7-12(2)15(17)16(18)19/h4-5,8-9,12,15H,3,6-7,10-11H2,1-2H3,(H,18,19). The lowest BCUT2D eigenvalue weighted by atomic mass is 9.90. The third-order valence-electron chi connectivity index (χ3n) is 3.94. The predicted octanol–water partition coefficient (Wildman–Crippen LogP) is 2.77. The van der Waals surface area contributed by atoms with Gasteiger partial charge in [-0.3, -0.25) is 9.69 Å². The molecule has 1 heterocycles. The van der Waals surface area contributed by atoms with Crippen LogP contribution in [-0.4, -0.2) is 35.2 Å². The Balaban J connectivity index is 2.17. The van der Waals surface area contributed by atoms with Crippen molar-refractivity contribution in [1.29, 1.82) is 0 Å². The van der Waals surface area contributed by atoms with Gasteiger partial charge in [0.15, 0.2) is 0 Å². The van der Waals surface area contributed by atoms with Gasteiger partial charge in [0.2, 0.25) is 0 Å². The fraction of sp³-hybridized carbons (Fsp3) is 0.562. The third-order valence-corrected chi connectivity index (χ3v) is 3.94. The molecular weight excluding hydrogens is 254 g/mol. The van der Waals surface area contributed by atoms with Gasteiger partial charge in [-0.05, 0) is 38.3 Å². The van der Waals surface area contributed by atoms with Crippen LogP contribution >= 0.6 is 0 Å². The van der Waals surface area contributed by atoms with Crippen LogP contribution in [0.1, 0.15) is 32.3 Å². The SMILES string of the molecule is CCOc1ccccc1CN1CCCC(C)C1C(=O)O. The zero-order chi connectivity index (χ0) is 14.5. The fourth-order valence-corrected chi connectivity index (χ4v) is 3.00. The van der Waals surface area contributed by atoms with Gasteiger partial charge in [0, 0.05) is 12.1 Å². The highest BCUT2D eigenvalue weighted by Gasteiger charge is 2.34. The number of ether oxygens (including phenoxy) is 1. The van der Waals surface area contributed by atoms with Crippen LogP contribution < -0.4 is 4.74 Å². The molecule has 0 radical (unpaired) electrons. The lowest BCUT2D eigenvalue weighted by Gasteiger charge is -2.37. The second-order valence-corrected chi connectivity index (χ2v) is 5.41. The van der Waals surface area contributed by atoms with Crippen LogP contribution in [0, 0.1) is 5.92 Å². The van der Waals surface area contributed by atoms with Crippen molar-refractivity contribution in [1.82, 2.24) is 4.90 Å². The Kier molecular flexibility index (Phi) is 5.01. The van der Waals surface area contributed by atoms with Crippen LogP contribution in [0.25, 0.3) is 0 Å². The lowest BCUT2D eigenvalue weighted by Crippen LogP contribution is -2.48. The van der Waals surface area contributed by atoms with E-state index in [2.05, 4.69) is 4.90 Å². The highest BCUT2D eigenvalue weighted by molar-refractivity contribution is 5.74. The van der Waals surface area contributed by atoms with E-state index < -0.39 is 12.0 Å². The van der Waals surface area contributed by atoms with Crippen molar-refractivity contribution in [2.75, 3.05) is 13.2 Å². The Bertz CT molecular complexity index is 461. The van der Waals surface area contributed by atoms with E-state index in [0.717, 1.165) is 30.7 Å². The monoisotopic (exact) mass is 277 g/mol. The summed E-state index contributed by atoms with van der Waals surface area (Å²) in [5, 5.41) is 9.46. The number of hydrogen-bond acceptors (Lipinski definition) is 3. The number of piperidine rings is 1. The summed E-state index contributed by atoms with van der Waals surface area (Å²) in [6, 6.07) is 7.49. The Morgan fingerprint density at radius 3 is 2.90 bits per heavy atom. The van der Waals surface area contributed by atoms with Gasteiger partial charge >= 0.3 is 5.97 Å². The molecule has 0 amide bonds. The molecule has 2 atom stereocenters. The maximum Gasteiger partial charge on any atom is 0.321 e. The van der Waals surface area contributed by atoms with Crippen LogP contribution in [0.15, 0.2) is 24.3 Å². The van der Waals surface area contributed by atoms with Gasteiger partial charge in [0.25, 0.3) is 0 Å². The van der Waals surface area contributed by atoms with E-state index in [1.807, 2.05) is 38.1 Å². The van der Waals surface area contributed by atoms with Crippen molar-refractivity contribution in [2.45, 2.75) is 39.3 Å². The van der Waals surface area contributed by atoms with Gasteiger partial charge in [-0.15, -0.1) is 0 Å². The van der Waals surface area contributed by atoms with Gasteiger partial charge in [-0.1, -0.05) is 25.1 Å². The summed E-state index contributed by atoms with van der Waals surface area (Å²) in [6.45, 7) is 6.08. The second kappa shape index (κ2) is 6.75. The molecule has 0 bridgehead atoms. The molecular formula is C16H23NO3. The minimum Gasteiger partial charge on any atom is -0.494 e. The molecule has 1 aliphatic heterocycles. The molecule has 1 aliphatic rings. The average Bonchev–Trinajstić information content (AvgIpc) is 2.41. The first-order valence-corrected chi connectivity index (χ1v) is 7.31. The van der Waals surface area contributed by atoms with Crippen molar-refractivity contribution >= 4 is 5.97 Å². The number of likely N-dealkylation sites (tertiary alicyclic amines) is 1. The highest BCUT2D eigenvalue weighted by atomic mass is 16.5. The molecule has 2 rings (SSSR count). The van der Waals surface area contributed by atoms with Gasteiger partial charge in [0.05, 0.1) is 6.61 Å². The average molecular weight is 277 g/mol. The quantitative estimate of drug-likeness (QED) is 0.899. The van der Waals surface area contributed by atoms with Crippen LogP contribution in [0.4, 0.5) is 0 Å². The first kappa shape index (κ1) is 14.9. The van der Waals surface area contributed by atoms with E-state index >= 15 is 0 Å². The second-order valence-electron chi connectivity index (χ2n) is 5.41. The number of carbonyl (C=O) groups is 1. The molecule has 4 heteroatoms. The molecule has 1 N–H and O–H groups in total. The van der Waals surface area contributed by atoms with Crippen LogP contribution in [0.5, 0.6) is 5.75 Å². The third kappa shape index (κ3) is 3.31. The minimum atomic E-state index is -0.717. The Labute approximate surface area is 120 Å². The van der Waals surface area contributed by atoms with E-state index in [4.69, 9.17) is 4.74 Å². The predicted molar refractivity (Wildman–Crippen MR) is 77.8 cm³/mol. The first-order chi connectivity index (χ1) is 9.63. The van der Waals surface area contributed by atoms with Crippen molar-refractivity contribution < 1.29 is 14.6 Å². The molecule has 0 aromatic heterocycles. The maximum atomic E-state index is 11.5. The normalized spacial score (nSPS) is 23.5. The summed E-state index contributed by atoms with van der Waals surface area (Å²) < 4.78 is 5.63. The number of rotatable bonds is 5. The Morgan fingerprint density at radius 2 is 2.20 bits per heavy atom. The van der Waals surface area contributed by atoms with Gasteiger partial charge in [0.1, 0.15) is 11.8 Å². The molecule has 4 nitrogen and oxygen atoms in total. The molecule has 1 saturated heterocycles. The first-order valence-electron chi connectivity index (χ1n) is 7.31. The van der Waals surface area contributed by atoms with Gasteiger partial charge < -0.3 is 9.84 Å². The van der Waals surface area contributed by atoms with E-state index in [1.165, 1.54) is 0 Å². The number of aliphatic carboxylic acids is 1. The summed E-state index contributed by atoms with van der Waals surface area (Å²) in [5.74, 6) is 0.337. The summed E-state index contributed by atoms with van der Waals surface area (Å²) in [7, 11) is 0.